The number of nitrogens with zero attached hydrogens (tertiary/aromatic N) is 1. The molecule has 1 amide bonds. The fourth-order valence-electron chi connectivity index (χ4n) is 1.50. The predicted octanol–water partition coefficient (Wildman–Crippen LogP) is 2.25. The van der Waals surface area contributed by atoms with Crippen LogP contribution >= 0.6 is 11.3 Å². The molecule has 0 fully saturated rings. The van der Waals surface area contributed by atoms with Gasteiger partial charge in [0.1, 0.15) is 5.75 Å². The van der Waals surface area contributed by atoms with Crippen molar-refractivity contribution in [1.82, 2.24) is 4.90 Å². The zero-order valence-electron chi connectivity index (χ0n) is 11.0. The summed E-state index contributed by atoms with van der Waals surface area (Å²) in [6.07, 6.45) is 0. The summed E-state index contributed by atoms with van der Waals surface area (Å²) < 4.78 is 5.27. The maximum absolute atomic E-state index is 11.9. The van der Waals surface area contributed by atoms with E-state index in [-0.39, 0.29) is 23.1 Å². The minimum atomic E-state index is -1.05. The van der Waals surface area contributed by atoms with Crippen molar-refractivity contribution in [1.29, 1.82) is 0 Å². The zero-order chi connectivity index (χ0) is 14.4. The Morgan fingerprint density at radius 1 is 1.53 bits per heavy atom. The van der Waals surface area contributed by atoms with E-state index in [9.17, 15) is 9.59 Å². The Morgan fingerprint density at radius 3 is 2.74 bits per heavy atom. The lowest BCUT2D eigenvalue weighted by atomic mass is 10.3. The highest BCUT2D eigenvalue weighted by molar-refractivity contribution is 7.12. The van der Waals surface area contributed by atoms with Gasteiger partial charge in [-0.3, -0.25) is 4.79 Å². The highest BCUT2D eigenvalue weighted by Crippen LogP contribution is 2.24. The first-order valence-electron chi connectivity index (χ1n) is 5.81. The number of carboxylic acids is 1. The molecule has 5 nitrogen and oxygen atoms in total. The number of rotatable bonds is 7. The number of likely N-dealkylation sites (N-methyl/N-ethyl adjacent to an activating group) is 1. The lowest BCUT2D eigenvalue weighted by Gasteiger charge is -2.20. The minimum absolute atomic E-state index is 0.107. The van der Waals surface area contributed by atoms with Gasteiger partial charge in [0.15, 0.2) is 11.5 Å². The van der Waals surface area contributed by atoms with Gasteiger partial charge in [-0.1, -0.05) is 12.2 Å². The first-order chi connectivity index (χ1) is 8.95. The molecule has 104 valence electrons. The van der Waals surface area contributed by atoms with Crippen LogP contribution in [-0.4, -0.2) is 41.6 Å². The minimum Gasteiger partial charge on any atom is -0.482 e. The molecular formula is C13H17NO4S. The summed E-state index contributed by atoms with van der Waals surface area (Å²) >= 11 is 1.07. The number of hydrogen-bond donors (Lipinski definition) is 1. The monoisotopic (exact) mass is 283 g/mol. The summed E-state index contributed by atoms with van der Waals surface area (Å²) in [4.78, 5) is 24.5. The van der Waals surface area contributed by atoms with Crippen LogP contribution in [0.2, 0.25) is 0 Å². The standard InChI is InChI=1S/C13H17NO4S/c1-4-14(7-9(2)3)11(15)8-18-10-5-6-19-12(10)13(16)17/h5-6H,2,4,7-8H2,1,3H3,(H,16,17). The first kappa shape index (κ1) is 15.2. The molecule has 1 aromatic heterocycles. The molecule has 0 aliphatic heterocycles. The SMILES string of the molecule is C=C(C)CN(CC)C(=O)COc1ccsc1C(=O)O. The van der Waals surface area contributed by atoms with Crippen molar-refractivity contribution in [3.63, 3.8) is 0 Å². The van der Waals surface area contributed by atoms with Crippen LogP contribution in [0.1, 0.15) is 23.5 Å². The van der Waals surface area contributed by atoms with Gasteiger partial charge >= 0.3 is 5.97 Å². The molecule has 0 spiro atoms. The van der Waals surface area contributed by atoms with E-state index in [1.807, 2.05) is 13.8 Å². The summed E-state index contributed by atoms with van der Waals surface area (Å²) in [6, 6.07) is 1.55. The van der Waals surface area contributed by atoms with Gasteiger partial charge < -0.3 is 14.7 Å². The molecule has 0 radical (unpaired) electrons. The van der Waals surface area contributed by atoms with Crippen molar-refractivity contribution in [2.75, 3.05) is 19.7 Å². The highest BCUT2D eigenvalue weighted by Gasteiger charge is 2.16. The lowest BCUT2D eigenvalue weighted by molar-refractivity contribution is -0.132. The molecule has 0 aliphatic rings. The predicted molar refractivity (Wildman–Crippen MR) is 73.8 cm³/mol. The number of amides is 1. The third kappa shape index (κ3) is 4.40. The molecule has 1 heterocycles. The van der Waals surface area contributed by atoms with Crippen molar-refractivity contribution >= 4 is 23.2 Å². The number of carboxylic acid groups (broad SMARTS) is 1. The Hall–Kier alpha value is -1.82. The van der Waals surface area contributed by atoms with E-state index in [4.69, 9.17) is 9.84 Å². The normalized spacial score (nSPS) is 10.0. The molecule has 0 saturated heterocycles. The maximum atomic E-state index is 11.9. The van der Waals surface area contributed by atoms with Gasteiger partial charge in [-0.05, 0) is 25.3 Å². The van der Waals surface area contributed by atoms with Crippen LogP contribution in [0.5, 0.6) is 5.75 Å². The molecule has 0 saturated carbocycles. The summed E-state index contributed by atoms with van der Waals surface area (Å²) in [5.41, 5.74) is 0.886. The summed E-state index contributed by atoms with van der Waals surface area (Å²) in [7, 11) is 0. The van der Waals surface area contributed by atoms with Crippen LogP contribution < -0.4 is 4.74 Å². The number of hydrogen-bond acceptors (Lipinski definition) is 4. The second-order valence-corrected chi connectivity index (χ2v) is 4.99. The molecular weight excluding hydrogens is 266 g/mol. The van der Waals surface area contributed by atoms with Crippen LogP contribution in [-0.2, 0) is 4.79 Å². The molecule has 0 bridgehead atoms. The van der Waals surface area contributed by atoms with Gasteiger partial charge in [-0.25, -0.2) is 4.79 Å². The number of ether oxygens (including phenoxy) is 1. The Balaban J connectivity index is 2.60. The van der Waals surface area contributed by atoms with E-state index in [1.54, 1.807) is 16.3 Å². The third-order valence-corrected chi connectivity index (χ3v) is 3.25. The number of aromatic carboxylic acids is 1. The van der Waals surface area contributed by atoms with Crippen LogP contribution in [0, 0.1) is 0 Å². The van der Waals surface area contributed by atoms with E-state index in [1.165, 1.54) is 0 Å². The summed E-state index contributed by atoms with van der Waals surface area (Å²) in [6.45, 7) is 8.35. The van der Waals surface area contributed by atoms with Gasteiger partial charge in [-0.2, -0.15) is 0 Å². The van der Waals surface area contributed by atoms with Gasteiger partial charge in [-0.15, -0.1) is 11.3 Å². The Kier molecular flexibility index (Phi) is 5.57. The maximum Gasteiger partial charge on any atom is 0.349 e. The smallest absolute Gasteiger partial charge is 0.349 e. The molecule has 0 atom stereocenters. The first-order valence-corrected chi connectivity index (χ1v) is 6.69. The number of thiophene rings is 1. The summed E-state index contributed by atoms with van der Waals surface area (Å²) in [5, 5.41) is 10.5. The van der Waals surface area contributed by atoms with Crippen LogP contribution in [0.15, 0.2) is 23.6 Å². The van der Waals surface area contributed by atoms with Crippen molar-refractivity contribution < 1.29 is 19.4 Å². The molecule has 1 aromatic rings. The van der Waals surface area contributed by atoms with Crippen molar-refractivity contribution in [3.8, 4) is 5.75 Å². The highest BCUT2D eigenvalue weighted by atomic mass is 32.1. The average Bonchev–Trinajstić information content (AvgIpc) is 2.81. The molecule has 1 rings (SSSR count). The second-order valence-electron chi connectivity index (χ2n) is 4.07. The number of carbonyl (C=O) groups excluding carboxylic acids is 1. The molecule has 0 aliphatic carbocycles. The van der Waals surface area contributed by atoms with E-state index in [0.29, 0.717) is 13.1 Å². The quantitative estimate of drug-likeness (QED) is 0.779. The Labute approximate surface area is 116 Å². The molecule has 1 N–H and O–H groups in total. The molecule has 0 unspecified atom stereocenters. The van der Waals surface area contributed by atoms with Gasteiger partial charge in [0, 0.05) is 13.1 Å². The van der Waals surface area contributed by atoms with Crippen molar-refractivity contribution in [2.45, 2.75) is 13.8 Å². The topological polar surface area (TPSA) is 66.8 Å². The third-order valence-electron chi connectivity index (χ3n) is 2.37. The lowest BCUT2D eigenvalue weighted by Crippen LogP contribution is -2.35. The molecule has 19 heavy (non-hydrogen) atoms. The largest absolute Gasteiger partial charge is 0.482 e. The zero-order valence-corrected chi connectivity index (χ0v) is 11.8. The molecule has 6 heteroatoms. The fourth-order valence-corrected chi connectivity index (χ4v) is 2.17. The summed E-state index contributed by atoms with van der Waals surface area (Å²) in [5.74, 6) is -1.00. The average molecular weight is 283 g/mol. The number of carbonyl (C=O) groups is 2. The fraction of sp³-hybridized carbons (Fsp3) is 0.385. The molecule has 0 aromatic carbocycles. The van der Waals surface area contributed by atoms with Crippen LogP contribution in [0.25, 0.3) is 0 Å². The van der Waals surface area contributed by atoms with Crippen LogP contribution in [0.4, 0.5) is 0 Å². The Morgan fingerprint density at radius 2 is 2.21 bits per heavy atom. The van der Waals surface area contributed by atoms with Gasteiger partial charge in [0.25, 0.3) is 5.91 Å². The van der Waals surface area contributed by atoms with Crippen molar-refractivity contribution in [3.05, 3.63) is 28.5 Å². The van der Waals surface area contributed by atoms with Crippen LogP contribution in [0.3, 0.4) is 0 Å². The second kappa shape index (κ2) is 6.94. The van der Waals surface area contributed by atoms with E-state index in [0.717, 1.165) is 16.9 Å². The Bertz CT molecular complexity index is 481. The van der Waals surface area contributed by atoms with Gasteiger partial charge in [0.2, 0.25) is 0 Å². The van der Waals surface area contributed by atoms with E-state index >= 15 is 0 Å². The van der Waals surface area contributed by atoms with Gasteiger partial charge in [0.05, 0.1) is 0 Å². The van der Waals surface area contributed by atoms with E-state index < -0.39 is 5.97 Å². The van der Waals surface area contributed by atoms with Crippen molar-refractivity contribution in [2.24, 2.45) is 0 Å². The van der Waals surface area contributed by atoms with E-state index in [2.05, 4.69) is 6.58 Å².